The van der Waals surface area contributed by atoms with Crippen molar-refractivity contribution in [2.45, 2.75) is 58.9 Å². The number of hydrogen-bond donors (Lipinski definition) is 0. The summed E-state index contributed by atoms with van der Waals surface area (Å²) >= 11 is 0. The topological polar surface area (TPSA) is 37.6 Å². The van der Waals surface area contributed by atoms with Crippen LogP contribution in [0.5, 0.6) is 0 Å². The number of amides is 1. The van der Waals surface area contributed by atoms with Crippen molar-refractivity contribution >= 4 is 23.4 Å². The Morgan fingerprint density at radius 2 is 1.47 bits per heavy atom. The molecule has 9 heteroatoms. The first-order valence-corrected chi connectivity index (χ1v) is 10.4. The van der Waals surface area contributed by atoms with Gasteiger partial charge in [0.2, 0.25) is 5.82 Å². The molecule has 0 saturated heterocycles. The number of hydrazone groups is 1. The van der Waals surface area contributed by atoms with Crippen LogP contribution in [0.15, 0.2) is 16.7 Å². The smallest absolute Gasteiger partial charge is 0.280 e. The highest BCUT2D eigenvalue weighted by Crippen LogP contribution is 2.36. The molecule has 0 atom stereocenters. The lowest BCUT2D eigenvalue weighted by Crippen LogP contribution is -2.25. The molecular formula is C23H22F5N3O. The van der Waals surface area contributed by atoms with Crippen molar-refractivity contribution in [3.05, 3.63) is 57.7 Å². The van der Waals surface area contributed by atoms with Crippen molar-refractivity contribution in [3.63, 3.8) is 0 Å². The molecule has 4 nitrogen and oxygen atoms in total. The molecule has 0 bridgehead atoms. The van der Waals surface area contributed by atoms with Gasteiger partial charge in [0.05, 0.1) is 11.3 Å². The van der Waals surface area contributed by atoms with Crippen LogP contribution in [0.4, 0.5) is 27.6 Å². The Bertz CT molecular complexity index is 1150. The molecule has 0 radical (unpaired) electrons. The predicted molar refractivity (Wildman–Crippen MR) is 111 cm³/mol. The van der Waals surface area contributed by atoms with E-state index in [0.29, 0.717) is 6.04 Å². The summed E-state index contributed by atoms with van der Waals surface area (Å²) in [5, 5.41) is 4.02. The summed E-state index contributed by atoms with van der Waals surface area (Å²) in [6.07, 6.45) is 7.21. The zero-order valence-electron chi connectivity index (χ0n) is 17.9. The lowest BCUT2D eigenvalue weighted by Gasteiger charge is -2.26. The number of anilines is 1. The van der Waals surface area contributed by atoms with Crippen molar-refractivity contribution < 1.29 is 26.7 Å². The average Bonchev–Trinajstić information content (AvgIpc) is 3.21. The molecule has 1 aliphatic carbocycles. The molecule has 1 aromatic carbocycles. The van der Waals surface area contributed by atoms with E-state index < -0.39 is 40.7 Å². The van der Waals surface area contributed by atoms with Gasteiger partial charge in [0.1, 0.15) is 5.69 Å². The normalized spacial score (nSPS) is 18.8. The molecule has 1 fully saturated rings. The van der Waals surface area contributed by atoms with Crippen LogP contribution < -0.4 is 5.01 Å². The molecule has 0 unspecified atom stereocenters. The minimum Gasteiger partial charge on any atom is -0.346 e. The Balaban J connectivity index is 1.73. The Labute approximate surface area is 182 Å². The maximum Gasteiger partial charge on any atom is 0.280 e. The third kappa shape index (κ3) is 3.43. The Morgan fingerprint density at radius 1 is 0.906 bits per heavy atom. The number of aromatic nitrogens is 1. The van der Waals surface area contributed by atoms with Crippen molar-refractivity contribution in [1.82, 2.24) is 4.57 Å². The number of carbonyl (C=O) groups excluding carboxylic acids is 1. The molecule has 32 heavy (non-hydrogen) atoms. The zero-order valence-corrected chi connectivity index (χ0v) is 17.9. The van der Waals surface area contributed by atoms with E-state index in [4.69, 9.17) is 0 Å². The second kappa shape index (κ2) is 8.18. The largest absolute Gasteiger partial charge is 0.346 e. The van der Waals surface area contributed by atoms with Crippen molar-refractivity contribution in [2.24, 2.45) is 5.10 Å². The van der Waals surface area contributed by atoms with E-state index in [1.807, 2.05) is 19.9 Å². The number of benzene rings is 1. The van der Waals surface area contributed by atoms with Crippen LogP contribution in [0.25, 0.3) is 6.08 Å². The monoisotopic (exact) mass is 451 g/mol. The van der Waals surface area contributed by atoms with E-state index in [0.717, 1.165) is 42.6 Å². The maximum absolute atomic E-state index is 14.2. The van der Waals surface area contributed by atoms with Crippen molar-refractivity contribution in [3.8, 4) is 0 Å². The molecule has 0 N–H and O–H groups in total. The number of hydrogen-bond acceptors (Lipinski definition) is 2. The van der Waals surface area contributed by atoms with Gasteiger partial charge in [-0.2, -0.15) is 10.1 Å². The Kier molecular flexibility index (Phi) is 5.68. The zero-order chi connectivity index (χ0) is 23.3. The van der Waals surface area contributed by atoms with Gasteiger partial charge in [0.25, 0.3) is 5.91 Å². The summed E-state index contributed by atoms with van der Waals surface area (Å²) in [7, 11) is 0. The first-order valence-electron chi connectivity index (χ1n) is 10.4. The Morgan fingerprint density at radius 3 is 2.06 bits per heavy atom. The minimum atomic E-state index is -2.29. The number of carbonyl (C=O) groups is 1. The number of rotatable bonds is 3. The van der Waals surface area contributed by atoms with Crippen LogP contribution in [-0.4, -0.2) is 16.2 Å². The summed E-state index contributed by atoms with van der Waals surface area (Å²) in [5.41, 5.74) is 1.46. The third-order valence-electron chi connectivity index (χ3n) is 6.22. The summed E-state index contributed by atoms with van der Waals surface area (Å²) in [6, 6.07) is 2.29. The van der Waals surface area contributed by atoms with Crippen LogP contribution >= 0.6 is 0 Å². The molecule has 1 aliphatic heterocycles. The number of aryl methyl sites for hydroxylation is 1. The fraction of sp³-hybridized carbons (Fsp3) is 0.391. The third-order valence-corrected chi connectivity index (χ3v) is 6.22. The van der Waals surface area contributed by atoms with Gasteiger partial charge in [0, 0.05) is 17.4 Å². The van der Waals surface area contributed by atoms with E-state index in [1.165, 1.54) is 13.3 Å². The van der Waals surface area contributed by atoms with Gasteiger partial charge < -0.3 is 4.57 Å². The molecule has 1 amide bonds. The second-order valence-electron chi connectivity index (χ2n) is 8.27. The maximum atomic E-state index is 14.2. The van der Waals surface area contributed by atoms with Crippen LogP contribution in [0.1, 0.15) is 62.0 Å². The fourth-order valence-corrected chi connectivity index (χ4v) is 4.62. The van der Waals surface area contributed by atoms with Crippen LogP contribution in [0, 0.1) is 42.9 Å². The quantitative estimate of drug-likeness (QED) is 0.240. The van der Waals surface area contributed by atoms with Gasteiger partial charge in [-0.1, -0.05) is 19.3 Å². The first-order chi connectivity index (χ1) is 15.1. The van der Waals surface area contributed by atoms with E-state index >= 15 is 0 Å². The van der Waals surface area contributed by atoms with Gasteiger partial charge >= 0.3 is 0 Å². The summed E-state index contributed by atoms with van der Waals surface area (Å²) in [5.74, 6) is -11.7. The van der Waals surface area contributed by atoms with E-state index in [9.17, 15) is 26.7 Å². The highest BCUT2D eigenvalue weighted by atomic mass is 19.2. The highest BCUT2D eigenvalue weighted by Gasteiger charge is 2.37. The summed E-state index contributed by atoms with van der Waals surface area (Å²) in [6.45, 7) is 5.35. The van der Waals surface area contributed by atoms with Crippen LogP contribution in [0.3, 0.4) is 0 Å². The molecule has 0 spiro atoms. The molecular weight excluding hydrogens is 429 g/mol. The lowest BCUT2D eigenvalue weighted by atomic mass is 9.95. The first kappa shape index (κ1) is 22.2. The van der Waals surface area contributed by atoms with Gasteiger partial charge in [-0.05, 0) is 51.3 Å². The molecule has 1 saturated carbocycles. The highest BCUT2D eigenvalue weighted by molar-refractivity contribution is 6.32. The van der Waals surface area contributed by atoms with E-state index in [1.54, 1.807) is 6.08 Å². The second-order valence-corrected chi connectivity index (χ2v) is 8.27. The number of nitrogens with zero attached hydrogens (tertiary/aromatic N) is 3. The molecule has 2 aromatic rings. The fourth-order valence-electron chi connectivity index (χ4n) is 4.62. The molecule has 4 rings (SSSR count). The summed E-state index contributed by atoms with van der Waals surface area (Å²) < 4.78 is 71.3. The molecule has 170 valence electrons. The summed E-state index contributed by atoms with van der Waals surface area (Å²) in [4.78, 5) is 12.9. The van der Waals surface area contributed by atoms with E-state index in [-0.39, 0.29) is 16.3 Å². The van der Waals surface area contributed by atoms with Gasteiger partial charge in [-0.25, -0.2) is 22.0 Å². The van der Waals surface area contributed by atoms with Crippen molar-refractivity contribution in [2.75, 3.05) is 5.01 Å². The average molecular weight is 451 g/mol. The number of halogens is 5. The Hall–Kier alpha value is -2.97. The lowest BCUT2D eigenvalue weighted by molar-refractivity contribution is -0.114. The van der Waals surface area contributed by atoms with Gasteiger partial charge in [-0.3, -0.25) is 4.79 Å². The molecule has 1 aromatic heterocycles. The SMILES string of the molecule is CC1=NN(c2c(F)c(F)c(F)c(F)c2F)C(=O)C1=Cc1cc(C)n(C2CCCCC2)c1C. The molecule has 2 aliphatic rings. The van der Waals surface area contributed by atoms with Gasteiger partial charge in [0.15, 0.2) is 23.3 Å². The van der Waals surface area contributed by atoms with Crippen LogP contribution in [-0.2, 0) is 4.79 Å². The minimum absolute atomic E-state index is 0.0258. The van der Waals surface area contributed by atoms with Crippen molar-refractivity contribution in [1.29, 1.82) is 0 Å². The standard InChI is InChI=1S/C23H22F5N3O/c1-11-9-14(13(3)30(11)15-7-5-4-6-8-15)10-16-12(2)29-31(23(16)32)22-20(27)18(25)17(24)19(26)21(22)28/h9-10,15H,4-8H2,1-3H3. The van der Waals surface area contributed by atoms with Crippen LogP contribution in [0.2, 0.25) is 0 Å². The van der Waals surface area contributed by atoms with E-state index in [2.05, 4.69) is 9.67 Å². The van der Waals surface area contributed by atoms with Gasteiger partial charge in [-0.15, -0.1) is 0 Å². The molecule has 2 heterocycles. The predicted octanol–water partition coefficient (Wildman–Crippen LogP) is 6.11.